The Labute approximate surface area is 74.8 Å². The van der Waals surface area contributed by atoms with Crippen LogP contribution in [-0.2, 0) is 6.18 Å². The number of aromatic amines is 1. The van der Waals surface area contributed by atoms with Crippen LogP contribution in [0.15, 0.2) is 12.1 Å². The zero-order valence-electron chi connectivity index (χ0n) is 6.56. The largest absolute Gasteiger partial charge is 0.449 e. The number of nitrogens with one attached hydrogen (secondary N) is 1. The molecule has 0 unspecified atom stereocenters. The summed E-state index contributed by atoms with van der Waals surface area (Å²) in [5, 5.41) is 0. The Hall–Kier alpha value is -1.66. The first-order valence-corrected chi connectivity index (χ1v) is 3.56. The molecule has 7 heteroatoms. The van der Waals surface area contributed by atoms with Crippen molar-refractivity contribution in [2.24, 2.45) is 0 Å². The minimum absolute atomic E-state index is 0.0544. The maximum Gasteiger partial charge on any atom is 0.449 e. The molecule has 2 heterocycles. The summed E-state index contributed by atoms with van der Waals surface area (Å²) >= 11 is 0. The summed E-state index contributed by atoms with van der Waals surface area (Å²) in [7, 11) is 0. The van der Waals surface area contributed by atoms with Gasteiger partial charge in [-0.15, -0.1) is 0 Å². The number of fused-ring (bicyclic) bond motifs is 1. The highest BCUT2D eigenvalue weighted by atomic mass is 19.4. The van der Waals surface area contributed by atoms with Crippen LogP contribution in [0.2, 0.25) is 0 Å². The van der Waals surface area contributed by atoms with Crippen molar-refractivity contribution in [2.75, 3.05) is 0 Å². The monoisotopic (exact) mass is 205 g/mol. The number of imidazole rings is 1. The van der Waals surface area contributed by atoms with Crippen LogP contribution in [-0.4, -0.2) is 15.0 Å². The molecule has 0 bridgehead atoms. The van der Waals surface area contributed by atoms with E-state index in [0.717, 1.165) is 12.1 Å². The molecule has 14 heavy (non-hydrogen) atoms. The molecule has 0 fully saturated rings. The van der Waals surface area contributed by atoms with Crippen LogP contribution in [0.3, 0.4) is 0 Å². The summed E-state index contributed by atoms with van der Waals surface area (Å²) in [5.41, 5.74) is -0.226. The molecule has 0 saturated heterocycles. The number of halogens is 4. The highest BCUT2D eigenvalue weighted by molar-refractivity contribution is 5.70. The average Bonchev–Trinajstić information content (AvgIpc) is 2.45. The summed E-state index contributed by atoms with van der Waals surface area (Å²) < 4.78 is 48.8. The molecule has 2 aromatic heterocycles. The van der Waals surface area contributed by atoms with E-state index in [1.165, 1.54) is 0 Å². The second-order valence-corrected chi connectivity index (χ2v) is 2.59. The summed E-state index contributed by atoms with van der Waals surface area (Å²) in [6.45, 7) is 0. The fraction of sp³-hybridized carbons (Fsp3) is 0.143. The fourth-order valence-corrected chi connectivity index (χ4v) is 1.00. The summed E-state index contributed by atoms with van der Waals surface area (Å²) in [6, 6.07) is 2.11. The van der Waals surface area contributed by atoms with Gasteiger partial charge in [0.1, 0.15) is 0 Å². The lowest BCUT2D eigenvalue weighted by Crippen LogP contribution is -2.06. The number of pyridine rings is 1. The molecule has 0 aromatic carbocycles. The predicted octanol–water partition coefficient (Wildman–Crippen LogP) is 2.12. The average molecular weight is 205 g/mol. The Bertz CT molecular complexity index is 473. The molecular formula is C7H3F4N3. The predicted molar refractivity (Wildman–Crippen MR) is 38.8 cm³/mol. The molecule has 0 radical (unpaired) electrons. The zero-order chi connectivity index (χ0) is 10.3. The van der Waals surface area contributed by atoms with Crippen molar-refractivity contribution in [3.63, 3.8) is 0 Å². The maximum atomic E-state index is 12.5. The molecule has 1 N–H and O–H groups in total. The number of hydrogen-bond donors (Lipinski definition) is 1. The zero-order valence-corrected chi connectivity index (χ0v) is 6.56. The van der Waals surface area contributed by atoms with Crippen LogP contribution in [0.1, 0.15) is 5.82 Å². The SMILES string of the molecule is Fc1ccc2[nH]c(C(F)(F)F)nc2n1. The molecule has 0 amide bonds. The Morgan fingerprint density at radius 2 is 1.86 bits per heavy atom. The van der Waals surface area contributed by atoms with E-state index >= 15 is 0 Å². The van der Waals surface area contributed by atoms with Crippen LogP contribution in [0, 0.1) is 5.95 Å². The maximum absolute atomic E-state index is 12.5. The molecule has 3 nitrogen and oxygen atoms in total. The van der Waals surface area contributed by atoms with E-state index in [1.807, 2.05) is 4.98 Å². The standard InChI is InChI=1S/C7H3F4N3/c8-4-2-1-3-5(13-4)14-6(12-3)7(9,10)11/h1-2H,(H,12,13,14). The number of alkyl halides is 3. The van der Waals surface area contributed by atoms with Crippen LogP contribution in [0.25, 0.3) is 11.2 Å². The van der Waals surface area contributed by atoms with Gasteiger partial charge in [0, 0.05) is 0 Å². The number of nitrogens with zero attached hydrogens (tertiary/aromatic N) is 2. The van der Waals surface area contributed by atoms with Crippen molar-refractivity contribution >= 4 is 11.2 Å². The van der Waals surface area contributed by atoms with Crippen molar-refractivity contribution in [1.29, 1.82) is 0 Å². The third-order valence-electron chi connectivity index (χ3n) is 1.58. The van der Waals surface area contributed by atoms with E-state index in [9.17, 15) is 17.6 Å². The molecular weight excluding hydrogens is 202 g/mol. The first kappa shape index (κ1) is 8.92. The number of rotatable bonds is 0. The number of H-pyrrole nitrogens is 1. The van der Waals surface area contributed by atoms with Gasteiger partial charge in [-0.3, -0.25) is 0 Å². The molecule has 0 atom stereocenters. The minimum Gasteiger partial charge on any atom is -0.333 e. The third-order valence-corrected chi connectivity index (χ3v) is 1.58. The number of hydrogen-bond acceptors (Lipinski definition) is 2. The lowest BCUT2D eigenvalue weighted by Gasteiger charge is -1.98. The smallest absolute Gasteiger partial charge is 0.333 e. The van der Waals surface area contributed by atoms with Gasteiger partial charge >= 0.3 is 6.18 Å². The van der Waals surface area contributed by atoms with E-state index in [2.05, 4.69) is 9.97 Å². The van der Waals surface area contributed by atoms with Gasteiger partial charge in [-0.2, -0.15) is 22.5 Å². The second kappa shape index (κ2) is 2.66. The van der Waals surface area contributed by atoms with E-state index in [-0.39, 0.29) is 11.2 Å². The Kier molecular flexibility index (Phi) is 1.70. The first-order chi connectivity index (χ1) is 6.47. The molecule has 2 aromatic rings. The van der Waals surface area contributed by atoms with Crippen molar-refractivity contribution in [3.05, 3.63) is 23.9 Å². The van der Waals surface area contributed by atoms with Crippen LogP contribution in [0.4, 0.5) is 17.6 Å². The quantitative estimate of drug-likeness (QED) is 0.528. The van der Waals surface area contributed by atoms with Gasteiger partial charge in [-0.1, -0.05) is 0 Å². The summed E-state index contributed by atoms with van der Waals surface area (Å²) in [6.07, 6.45) is -4.57. The second-order valence-electron chi connectivity index (χ2n) is 2.59. The van der Waals surface area contributed by atoms with Crippen molar-refractivity contribution < 1.29 is 17.6 Å². The Morgan fingerprint density at radius 1 is 1.14 bits per heavy atom. The van der Waals surface area contributed by atoms with Gasteiger partial charge in [-0.05, 0) is 12.1 Å². The lowest BCUT2D eigenvalue weighted by atomic mass is 10.4. The molecule has 0 aliphatic rings. The van der Waals surface area contributed by atoms with Gasteiger partial charge in [0.05, 0.1) is 5.52 Å². The van der Waals surface area contributed by atoms with E-state index in [1.54, 1.807) is 0 Å². The molecule has 0 spiro atoms. The van der Waals surface area contributed by atoms with Crippen LogP contribution < -0.4 is 0 Å². The molecule has 0 aliphatic carbocycles. The van der Waals surface area contributed by atoms with Gasteiger partial charge in [-0.25, -0.2) is 4.98 Å². The normalized spacial score (nSPS) is 12.3. The minimum atomic E-state index is -4.57. The molecule has 74 valence electrons. The van der Waals surface area contributed by atoms with E-state index in [0.29, 0.717) is 0 Å². The van der Waals surface area contributed by atoms with Gasteiger partial charge in [0.2, 0.25) is 11.8 Å². The molecule has 0 saturated carbocycles. The molecule has 2 rings (SSSR count). The van der Waals surface area contributed by atoms with Crippen molar-refractivity contribution in [2.45, 2.75) is 6.18 Å². The van der Waals surface area contributed by atoms with Crippen LogP contribution >= 0.6 is 0 Å². The van der Waals surface area contributed by atoms with Crippen molar-refractivity contribution in [1.82, 2.24) is 15.0 Å². The Balaban J connectivity index is 2.63. The third kappa shape index (κ3) is 1.40. The van der Waals surface area contributed by atoms with E-state index in [4.69, 9.17) is 0 Å². The van der Waals surface area contributed by atoms with Gasteiger partial charge in [0.25, 0.3) is 0 Å². The summed E-state index contributed by atoms with van der Waals surface area (Å²) in [5.74, 6) is -2.04. The highest BCUT2D eigenvalue weighted by Crippen LogP contribution is 2.27. The Morgan fingerprint density at radius 3 is 2.50 bits per heavy atom. The topological polar surface area (TPSA) is 41.6 Å². The summed E-state index contributed by atoms with van der Waals surface area (Å²) in [4.78, 5) is 8.31. The first-order valence-electron chi connectivity index (χ1n) is 3.56. The van der Waals surface area contributed by atoms with Gasteiger partial charge < -0.3 is 4.98 Å². The van der Waals surface area contributed by atoms with Crippen LogP contribution in [0.5, 0.6) is 0 Å². The van der Waals surface area contributed by atoms with E-state index < -0.39 is 17.9 Å². The molecule has 0 aliphatic heterocycles. The van der Waals surface area contributed by atoms with Crippen molar-refractivity contribution in [3.8, 4) is 0 Å². The highest BCUT2D eigenvalue weighted by Gasteiger charge is 2.34. The lowest BCUT2D eigenvalue weighted by molar-refractivity contribution is -0.144. The number of aromatic nitrogens is 3. The van der Waals surface area contributed by atoms with Gasteiger partial charge in [0.15, 0.2) is 5.65 Å². The fourth-order valence-electron chi connectivity index (χ4n) is 1.00.